The maximum Gasteiger partial charge on any atom is 0.318 e. The van der Waals surface area contributed by atoms with E-state index in [1.54, 1.807) is 0 Å². The zero-order valence-electron chi connectivity index (χ0n) is 11.7. The van der Waals surface area contributed by atoms with E-state index in [-0.39, 0.29) is 18.5 Å². The van der Waals surface area contributed by atoms with Gasteiger partial charge in [0.05, 0.1) is 11.5 Å². The van der Waals surface area contributed by atoms with Crippen LogP contribution in [0, 0.1) is 11.3 Å². The van der Waals surface area contributed by atoms with Crippen LogP contribution in [-0.4, -0.2) is 36.0 Å². The fraction of sp³-hybridized carbons (Fsp3) is 0.400. The number of nitrogens with one attached hydrogen (secondary N) is 2. The van der Waals surface area contributed by atoms with Crippen molar-refractivity contribution < 1.29 is 9.59 Å². The lowest BCUT2D eigenvalue weighted by Crippen LogP contribution is -2.44. The first-order valence-electron chi connectivity index (χ1n) is 6.97. The maximum absolute atomic E-state index is 12.5. The third-order valence-electron chi connectivity index (χ3n) is 4.22. The van der Waals surface area contributed by atoms with Crippen molar-refractivity contribution in [1.82, 2.24) is 10.2 Å². The van der Waals surface area contributed by atoms with Gasteiger partial charge in [-0.2, -0.15) is 5.26 Å². The fourth-order valence-electron chi connectivity index (χ4n) is 3.22. The van der Waals surface area contributed by atoms with Crippen LogP contribution < -0.4 is 10.6 Å². The number of para-hydroxylation sites is 1. The van der Waals surface area contributed by atoms with Crippen LogP contribution in [0.3, 0.4) is 0 Å². The predicted octanol–water partition coefficient (Wildman–Crippen LogP) is 1.20. The average molecular weight is 284 g/mol. The van der Waals surface area contributed by atoms with Crippen molar-refractivity contribution in [1.29, 1.82) is 5.26 Å². The van der Waals surface area contributed by atoms with Gasteiger partial charge in [0.25, 0.3) is 0 Å². The Kier molecular flexibility index (Phi) is 3.05. The molecular formula is C15H16N4O2. The van der Waals surface area contributed by atoms with Crippen LogP contribution in [0.25, 0.3) is 0 Å². The molecule has 2 aliphatic heterocycles. The molecule has 3 rings (SSSR count). The van der Waals surface area contributed by atoms with Crippen LogP contribution in [0.4, 0.5) is 10.5 Å². The quantitative estimate of drug-likeness (QED) is 0.812. The fourth-order valence-corrected chi connectivity index (χ4v) is 3.22. The van der Waals surface area contributed by atoms with E-state index in [2.05, 4.69) is 16.7 Å². The van der Waals surface area contributed by atoms with E-state index in [9.17, 15) is 14.9 Å². The van der Waals surface area contributed by atoms with Gasteiger partial charge < -0.3 is 15.5 Å². The summed E-state index contributed by atoms with van der Waals surface area (Å²) in [5, 5.41) is 14.9. The summed E-state index contributed by atoms with van der Waals surface area (Å²) in [6, 6.07) is 8.72. The minimum atomic E-state index is -0.804. The van der Waals surface area contributed by atoms with Crippen LogP contribution in [0.1, 0.15) is 18.9 Å². The summed E-state index contributed by atoms with van der Waals surface area (Å²) in [5.74, 6) is -0.129. The van der Waals surface area contributed by atoms with Gasteiger partial charge in [0.2, 0.25) is 5.91 Å². The second-order valence-electron chi connectivity index (χ2n) is 5.39. The summed E-state index contributed by atoms with van der Waals surface area (Å²) in [4.78, 5) is 26.0. The number of fused-ring (bicyclic) bond motifs is 2. The molecule has 1 fully saturated rings. The van der Waals surface area contributed by atoms with Crippen molar-refractivity contribution in [3.63, 3.8) is 0 Å². The molecule has 0 aliphatic carbocycles. The molecule has 2 aliphatic rings. The highest BCUT2D eigenvalue weighted by atomic mass is 16.2. The molecule has 2 atom stereocenters. The van der Waals surface area contributed by atoms with Gasteiger partial charge >= 0.3 is 6.03 Å². The first-order chi connectivity index (χ1) is 10.1. The Hall–Kier alpha value is -2.55. The largest absolute Gasteiger partial charge is 0.338 e. The summed E-state index contributed by atoms with van der Waals surface area (Å²) in [6.07, 6.45) is 0.337. The minimum Gasteiger partial charge on any atom is -0.338 e. The molecule has 1 saturated heterocycles. The van der Waals surface area contributed by atoms with Crippen LogP contribution >= 0.6 is 0 Å². The van der Waals surface area contributed by atoms with E-state index < -0.39 is 11.5 Å². The number of anilines is 1. The summed E-state index contributed by atoms with van der Waals surface area (Å²) in [6.45, 7) is 2.55. The van der Waals surface area contributed by atoms with E-state index in [1.807, 2.05) is 31.2 Å². The predicted molar refractivity (Wildman–Crippen MR) is 76.5 cm³/mol. The lowest BCUT2D eigenvalue weighted by atomic mass is 9.80. The second-order valence-corrected chi connectivity index (χ2v) is 5.39. The molecule has 0 bridgehead atoms. The van der Waals surface area contributed by atoms with Gasteiger partial charge in [0.15, 0.2) is 0 Å². The molecule has 1 spiro atoms. The first-order valence-corrected chi connectivity index (χ1v) is 6.97. The number of carbonyl (C=O) groups is 2. The lowest BCUT2D eigenvalue weighted by molar-refractivity contribution is -0.120. The molecule has 0 radical (unpaired) electrons. The number of nitrogens with zero attached hydrogens (tertiary/aromatic N) is 2. The molecule has 0 saturated carbocycles. The van der Waals surface area contributed by atoms with Gasteiger partial charge in [0, 0.05) is 25.2 Å². The van der Waals surface area contributed by atoms with Crippen molar-refractivity contribution in [3.05, 3.63) is 29.8 Å². The van der Waals surface area contributed by atoms with Gasteiger partial charge in [-0.15, -0.1) is 0 Å². The molecular weight excluding hydrogens is 268 g/mol. The molecule has 2 heterocycles. The van der Waals surface area contributed by atoms with E-state index >= 15 is 0 Å². The van der Waals surface area contributed by atoms with Crippen molar-refractivity contribution in [2.75, 3.05) is 18.4 Å². The number of urea groups is 1. The van der Waals surface area contributed by atoms with E-state index in [0.717, 1.165) is 11.3 Å². The Morgan fingerprint density at radius 3 is 3.05 bits per heavy atom. The van der Waals surface area contributed by atoms with Gasteiger partial charge in [-0.25, -0.2) is 4.79 Å². The monoisotopic (exact) mass is 284 g/mol. The van der Waals surface area contributed by atoms with E-state index in [4.69, 9.17) is 0 Å². The summed E-state index contributed by atoms with van der Waals surface area (Å²) in [5.41, 5.74) is 0.848. The number of likely N-dealkylation sites (tertiary alicyclic amines) is 1. The zero-order chi connectivity index (χ0) is 15.0. The Labute approximate surface area is 122 Å². The Bertz CT molecular complexity index is 651. The number of rotatable bonds is 1. The summed E-state index contributed by atoms with van der Waals surface area (Å²) >= 11 is 0. The smallest absolute Gasteiger partial charge is 0.318 e. The molecule has 6 heteroatoms. The van der Waals surface area contributed by atoms with Crippen molar-refractivity contribution in [2.24, 2.45) is 0 Å². The van der Waals surface area contributed by atoms with E-state index in [0.29, 0.717) is 13.0 Å². The van der Waals surface area contributed by atoms with Crippen LogP contribution in [0.15, 0.2) is 24.3 Å². The standard InChI is InChI=1S/C15H16N4O2/c1-2-17-14(21)19-9-15(7-10(19)8-16)11-5-3-4-6-12(11)18-13(15)20/h3-6,10H,2,7,9H2,1H3,(H,17,21)(H,18,20)/t10-,15-/m0/s1. The molecule has 1 aromatic rings. The number of hydrogen-bond donors (Lipinski definition) is 2. The Morgan fingerprint density at radius 1 is 1.57 bits per heavy atom. The number of hydrogen-bond acceptors (Lipinski definition) is 3. The molecule has 6 nitrogen and oxygen atoms in total. The zero-order valence-corrected chi connectivity index (χ0v) is 11.7. The Morgan fingerprint density at radius 2 is 2.33 bits per heavy atom. The number of benzene rings is 1. The number of nitriles is 1. The van der Waals surface area contributed by atoms with Crippen LogP contribution in [0.5, 0.6) is 0 Å². The molecule has 21 heavy (non-hydrogen) atoms. The van der Waals surface area contributed by atoms with Crippen molar-refractivity contribution in [3.8, 4) is 6.07 Å². The highest BCUT2D eigenvalue weighted by Gasteiger charge is 2.55. The molecule has 108 valence electrons. The van der Waals surface area contributed by atoms with Crippen molar-refractivity contribution in [2.45, 2.75) is 24.8 Å². The normalized spacial score (nSPS) is 26.4. The molecule has 1 aromatic carbocycles. The SMILES string of the molecule is CCNC(=O)N1C[C@]2(C[C@H]1C#N)C(=O)Nc1ccccc12. The molecule has 3 amide bonds. The maximum atomic E-state index is 12.5. The van der Waals surface area contributed by atoms with Gasteiger partial charge in [0.1, 0.15) is 6.04 Å². The third-order valence-corrected chi connectivity index (χ3v) is 4.22. The van der Waals surface area contributed by atoms with Gasteiger partial charge in [-0.05, 0) is 18.6 Å². The highest BCUT2D eigenvalue weighted by molar-refractivity contribution is 6.07. The molecule has 0 unspecified atom stereocenters. The number of amides is 3. The summed E-state index contributed by atoms with van der Waals surface area (Å²) in [7, 11) is 0. The first kappa shape index (κ1) is 13.4. The van der Waals surface area contributed by atoms with Gasteiger partial charge in [-0.1, -0.05) is 18.2 Å². The van der Waals surface area contributed by atoms with Crippen LogP contribution in [-0.2, 0) is 10.2 Å². The highest BCUT2D eigenvalue weighted by Crippen LogP contribution is 2.46. The van der Waals surface area contributed by atoms with Gasteiger partial charge in [-0.3, -0.25) is 4.79 Å². The molecule has 2 N–H and O–H groups in total. The second kappa shape index (κ2) is 4.77. The van der Waals surface area contributed by atoms with E-state index in [1.165, 1.54) is 4.90 Å². The Balaban J connectivity index is 1.99. The topological polar surface area (TPSA) is 85.2 Å². The van der Waals surface area contributed by atoms with Crippen molar-refractivity contribution >= 4 is 17.6 Å². The molecule has 0 aromatic heterocycles. The minimum absolute atomic E-state index is 0.129. The third kappa shape index (κ3) is 1.85. The summed E-state index contributed by atoms with van der Waals surface area (Å²) < 4.78 is 0. The average Bonchev–Trinajstić information content (AvgIpc) is 3.00. The lowest BCUT2D eigenvalue weighted by Gasteiger charge is -2.22. The number of carbonyl (C=O) groups excluding carboxylic acids is 2. The van der Waals surface area contributed by atoms with Crippen LogP contribution in [0.2, 0.25) is 0 Å².